The molecule has 0 fully saturated rings. The zero-order chi connectivity index (χ0) is 36.4. The lowest BCUT2D eigenvalue weighted by molar-refractivity contribution is 0.0817. The van der Waals surface area contributed by atoms with Gasteiger partial charge in [-0.05, 0) is 18.6 Å². The lowest BCUT2D eigenvalue weighted by Crippen LogP contribution is -1.93. The molecular formula is C31H18N2O18. The fourth-order valence-electron chi connectivity index (χ4n) is 6.93. The summed E-state index contributed by atoms with van der Waals surface area (Å²) in [6, 6.07) is 1.15. The zero-order valence-electron chi connectivity index (χ0n) is 24.9. The van der Waals surface area contributed by atoms with Crippen molar-refractivity contribution in [1.29, 1.82) is 0 Å². The second-order valence-electron chi connectivity index (χ2n) is 11.7. The highest BCUT2D eigenvalue weighted by Gasteiger charge is 2.35. The third-order valence-electron chi connectivity index (χ3n) is 9.09. The number of phenols is 14. The maximum Gasteiger partial charge on any atom is 0.252 e. The van der Waals surface area contributed by atoms with Gasteiger partial charge in [-0.15, -0.1) is 0 Å². The van der Waals surface area contributed by atoms with E-state index >= 15 is 0 Å². The Kier molecular flexibility index (Phi) is 5.03. The second-order valence-corrected chi connectivity index (χ2v) is 11.7. The van der Waals surface area contributed by atoms with Crippen molar-refractivity contribution in [1.82, 2.24) is 8.80 Å². The van der Waals surface area contributed by atoms with E-state index in [0.717, 1.165) is 10.5 Å². The molecule has 0 amide bonds. The first kappa shape index (κ1) is 29.3. The van der Waals surface area contributed by atoms with Gasteiger partial charge >= 0.3 is 0 Å². The standard InChI is InChI=1S/C31H18N2O18/c1-3-2-4(34)28-11-5(3)6-9(19(39)24(44)21(41)15(6)35)32(11)13-18(38)14-31(27(47)30(13)50-48-28)51-49-29-12-8(17(37)23(43)26(29)46)7-10(33(12)14)20(40)25(45)22(42)16(7)36/h2,34-47H,1H3. The molecule has 0 saturated carbocycles. The molecule has 4 aromatic heterocycles. The molecule has 5 aromatic carbocycles. The molecule has 20 heteroatoms. The van der Waals surface area contributed by atoms with Gasteiger partial charge in [0.2, 0.25) is 51.4 Å². The number of aromatic nitrogens is 2. The molecule has 0 aliphatic heterocycles. The quantitative estimate of drug-likeness (QED) is 0.0572. The van der Waals surface area contributed by atoms with Crippen LogP contribution in [0.15, 0.2) is 24.4 Å². The highest BCUT2D eigenvalue weighted by atomic mass is 17.0. The smallest absolute Gasteiger partial charge is 0.252 e. The SMILES string of the molecule is Cc1cc(O)c2ooc3c(O)c4ooc5c(O)c(O)c(O)c6c7c(O)c(O)c(O)c(O)c7n(c4c(O)c3n3c4c(O)c(O)c(O)c(O)c4c1c23)c56. The molecule has 9 aromatic rings. The number of nitrogens with zero attached hydrogens (tertiary/aromatic N) is 2. The van der Waals surface area contributed by atoms with Crippen LogP contribution < -0.4 is 0 Å². The number of fused-ring (bicyclic) bond motifs is 10. The van der Waals surface area contributed by atoms with Crippen LogP contribution in [0.4, 0.5) is 0 Å². The Morgan fingerprint density at radius 3 is 1.18 bits per heavy atom. The molecule has 0 unspecified atom stereocenters. The summed E-state index contributed by atoms with van der Waals surface area (Å²) in [5, 5.41) is 152. The number of hydrogen-bond donors (Lipinski definition) is 14. The molecule has 20 nitrogen and oxygen atoms in total. The topological polar surface area (TPSA) is 345 Å². The number of aryl methyl sites for hydroxylation is 1. The molecule has 0 spiro atoms. The number of rotatable bonds is 0. The average molecular weight is 706 g/mol. The van der Waals surface area contributed by atoms with E-state index in [0.29, 0.717) is 4.40 Å². The first-order chi connectivity index (χ1) is 24.1. The van der Waals surface area contributed by atoms with Crippen molar-refractivity contribution in [3.8, 4) is 80.5 Å². The van der Waals surface area contributed by atoms with E-state index in [1.165, 1.54) is 6.92 Å². The van der Waals surface area contributed by atoms with Gasteiger partial charge in [-0.25, -0.2) is 0 Å². The van der Waals surface area contributed by atoms with Gasteiger partial charge in [-0.3, -0.25) is 27.1 Å². The summed E-state index contributed by atoms with van der Waals surface area (Å²) in [5.41, 5.74) is -6.91. The van der Waals surface area contributed by atoms with Gasteiger partial charge in [0.05, 0.1) is 16.2 Å². The Balaban J connectivity index is 1.74. The zero-order valence-corrected chi connectivity index (χ0v) is 24.9. The molecule has 0 saturated heterocycles. The number of phenolic OH excluding ortho intramolecular Hbond substituents is 14. The van der Waals surface area contributed by atoms with E-state index in [1.807, 2.05) is 0 Å². The van der Waals surface area contributed by atoms with Crippen LogP contribution in [-0.2, 0) is 0 Å². The average Bonchev–Trinajstić information content (AvgIpc) is 3.49. The van der Waals surface area contributed by atoms with Crippen LogP contribution in [-0.4, -0.2) is 80.3 Å². The highest BCUT2D eigenvalue weighted by molar-refractivity contribution is 6.25. The molecule has 0 atom stereocenters. The van der Waals surface area contributed by atoms with Gasteiger partial charge in [0.25, 0.3) is 11.2 Å². The normalized spacial score (nSPS) is 12.3. The van der Waals surface area contributed by atoms with Gasteiger partial charge in [0.1, 0.15) is 33.1 Å². The Morgan fingerprint density at radius 1 is 0.333 bits per heavy atom. The monoisotopic (exact) mass is 706 g/mol. The van der Waals surface area contributed by atoms with Crippen molar-refractivity contribution in [2.75, 3.05) is 0 Å². The molecular weight excluding hydrogens is 688 g/mol. The second kappa shape index (κ2) is 8.76. The summed E-state index contributed by atoms with van der Waals surface area (Å²) in [6.07, 6.45) is 0. The van der Waals surface area contributed by atoms with Gasteiger partial charge in [0.15, 0.2) is 40.2 Å². The summed E-state index contributed by atoms with van der Waals surface area (Å²) in [5.74, 6) is -16.0. The third-order valence-corrected chi connectivity index (χ3v) is 9.09. The Labute approximate surface area is 274 Å². The van der Waals surface area contributed by atoms with E-state index in [4.69, 9.17) is 18.3 Å². The predicted molar refractivity (Wildman–Crippen MR) is 168 cm³/mol. The molecule has 0 radical (unpaired) electrons. The maximum absolute atomic E-state index is 12.3. The van der Waals surface area contributed by atoms with Crippen LogP contribution in [0.5, 0.6) is 80.5 Å². The van der Waals surface area contributed by atoms with Crippen molar-refractivity contribution in [2.24, 2.45) is 0 Å². The summed E-state index contributed by atoms with van der Waals surface area (Å²) < 4.78 is 22.8. The minimum atomic E-state index is -1.33. The summed E-state index contributed by atoms with van der Waals surface area (Å²) in [6.45, 7) is 1.44. The van der Waals surface area contributed by atoms with Crippen LogP contribution >= 0.6 is 0 Å². The first-order valence-corrected chi connectivity index (χ1v) is 14.2. The van der Waals surface area contributed by atoms with E-state index in [2.05, 4.69) is 0 Å². The van der Waals surface area contributed by atoms with E-state index in [-0.39, 0.29) is 21.9 Å². The van der Waals surface area contributed by atoms with Gasteiger partial charge in [-0.2, -0.15) is 0 Å². The molecule has 4 heterocycles. The van der Waals surface area contributed by atoms with Crippen molar-refractivity contribution in [3.63, 3.8) is 0 Å². The number of hydrogen-bond acceptors (Lipinski definition) is 18. The lowest BCUT2D eigenvalue weighted by atomic mass is 10.0. The third kappa shape index (κ3) is 3.00. The largest absolute Gasteiger partial charge is 0.504 e. The minimum Gasteiger partial charge on any atom is -0.504 e. The van der Waals surface area contributed by atoms with Crippen LogP contribution in [0, 0.1) is 6.92 Å². The molecule has 260 valence electrons. The molecule has 14 N–H and O–H groups in total. The number of benzene rings is 5. The van der Waals surface area contributed by atoms with Gasteiger partial charge in [0, 0.05) is 5.39 Å². The van der Waals surface area contributed by atoms with Crippen LogP contribution in [0.2, 0.25) is 0 Å². The number of aromatic hydroxyl groups is 14. The molecule has 9 rings (SSSR count). The molecule has 0 aliphatic rings. The Hall–Kier alpha value is -7.90. The Bertz CT molecular complexity index is 3200. The summed E-state index contributed by atoms with van der Waals surface area (Å²) in [4.78, 5) is 0. The van der Waals surface area contributed by atoms with Crippen LogP contribution in [0.1, 0.15) is 5.56 Å². The summed E-state index contributed by atoms with van der Waals surface area (Å²) >= 11 is 0. The Morgan fingerprint density at radius 2 is 0.686 bits per heavy atom. The van der Waals surface area contributed by atoms with Crippen molar-refractivity contribution in [3.05, 3.63) is 11.6 Å². The van der Waals surface area contributed by atoms with E-state index in [9.17, 15) is 71.5 Å². The van der Waals surface area contributed by atoms with Gasteiger partial charge in [-0.1, -0.05) is 0 Å². The summed E-state index contributed by atoms with van der Waals surface area (Å²) in [7, 11) is 0. The van der Waals surface area contributed by atoms with Gasteiger partial charge < -0.3 is 71.5 Å². The first-order valence-electron chi connectivity index (χ1n) is 14.2. The maximum atomic E-state index is 12.3. The highest BCUT2D eigenvalue weighted by Crippen LogP contribution is 2.59. The minimum absolute atomic E-state index is 0.0572. The molecule has 0 bridgehead atoms. The molecule has 0 aliphatic carbocycles. The van der Waals surface area contributed by atoms with E-state index < -0.39 is 141 Å². The van der Waals surface area contributed by atoms with Crippen LogP contribution in [0.25, 0.3) is 77.0 Å². The van der Waals surface area contributed by atoms with Crippen molar-refractivity contribution >= 4 is 77.0 Å². The van der Waals surface area contributed by atoms with Crippen LogP contribution in [0.3, 0.4) is 0 Å². The van der Waals surface area contributed by atoms with Crippen molar-refractivity contribution in [2.45, 2.75) is 6.92 Å². The lowest BCUT2D eigenvalue weighted by Gasteiger charge is -2.10. The fourth-order valence-corrected chi connectivity index (χ4v) is 6.93. The predicted octanol–water partition coefficient (Wildman–Crippen LogP) is 4.79. The fraction of sp³-hybridized carbons (Fsp3) is 0.0323. The molecule has 51 heavy (non-hydrogen) atoms. The van der Waals surface area contributed by atoms with E-state index in [1.54, 1.807) is 0 Å². The van der Waals surface area contributed by atoms with Crippen molar-refractivity contribution < 1.29 is 89.8 Å².